The second kappa shape index (κ2) is 22.0. The minimum absolute atomic E-state index is 0.0531. The molecule has 0 unspecified atom stereocenters. The normalized spacial score (nSPS) is 11.6. The van der Waals surface area contributed by atoms with Crippen LogP contribution in [-0.2, 0) is 20.9 Å². The van der Waals surface area contributed by atoms with E-state index in [2.05, 4.69) is 10.6 Å². The van der Waals surface area contributed by atoms with Gasteiger partial charge in [-0.3, -0.25) is 19.2 Å². The Morgan fingerprint density at radius 1 is 0.667 bits per heavy atom. The van der Waals surface area contributed by atoms with Crippen molar-refractivity contribution >= 4 is 23.8 Å². The Hall–Kier alpha value is -2.90. The number of carbonyl (C=O) groups is 4. The van der Waals surface area contributed by atoms with E-state index in [1.54, 1.807) is 19.1 Å². The number of aliphatic carboxylic acids is 2. The number of unbranched alkanes of at least 4 members (excludes halogenated alkanes) is 12. The lowest BCUT2D eigenvalue weighted by atomic mass is 10.0. The van der Waals surface area contributed by atoms with Gasteiger partial charge in [-0.1, -0.05) is 89.7 Å². The number of hydrogen-bond donors (Lipinski definition) is 4. The molecule has 4 N–H and O–H groups in total. The molecule has 0 aliphatic carbocycles. The second-order valence-electron chi connectivity index (χ2n) is 10.6. The van der Waals surface area contributed by atoms with Crippen LogP contribution in [0.25, 0.3) is 0 Å². The Kier molecular flexibility index (Phi) is 19.2. The molecule has 0 fully saturated rings. The highest BCUT2D eigenvalue weighted by Crippen LogP contribution is 2.13. The van der Waals surface area contributed by atoms with E-state index < -0.39 is 11.9 Å². The number of benzene rings is 1. The molecule has 1 atom stereocenters. The van der Waals surface area contributed by atoms with Crippen LogP contribution >= 0.6 is 0 Å². The maximum Gasteiger partial charge on any atom is 0.306 e. The predicted molar refractivity (Wildman–Crippen MR) is 154 cm³/mol. The topological polar surface area (TPSA) is 133 Å². The molecule has 0 saturated carbocycles. The summed E-state index contributed by atoms with van der Waals surface area (Å²) in [5.41, 5.74) is 1.51. The van der Waals surface area contributed by atoms with Crippen LogP contribution in [0.4, 0.5) is 0 Å². The molecule has 0 spiro atoms. The van der Waals surface area contributed by atoms with Crippen molar-refractivity contribution in [2.75, 3.05) is 6.54 Å². The number of nitrogens with one attached hydrogen (secondary N) is 2. The van der Waals surface area contributed by atoms with Gasteiger partial charge in [-0.05, 0) is 43.4 Å². The van der Waals surface area contributed by atoms with Crippen molar-refractivity contribution in [1.29, 1.82) is 0 Å². The molecule has 1 rings (SSSR count). The SMILES string of the molecule is C[C@@H](CCCCNC(=O)c1ccc(CNC(=O)CCCCCCCCCCCCCCC(=O)O)cc1)C(=O)O. The molecule has 39 heavy (non-hydrogen) atoms. The van der Waals surface area contributed by atoms with E-state index >= 15 is 0 Å². The highest BCUT2D eigenvalue weighted by molar-refractivity contribution is 5.94. The number of carboxylic acid groups (broad SMARTS) is 2. The van der Waals surface area contributed by atoms with E-state index in [0.717, 1.165) is 56.9 Å². The number of amides is 2. The second-order valence-corrected chi connectivity index (χ2v) is 10.6. The van der Waals surface area contributed by atoms with Gasteiger partial charge in [0.15, 0.2) is 0 Å². The molecule has 8 heteroatoms. The average molecular weight is 547 g/mol. The molecule has 0 bridgehead atoms. The van der Waals surface area contributed by atoms with E-state index in [1.807, 2.05) is 12.1 Å². The smallest absolute Gasteiger partial charge is 0.306 e. The third-order valence-corrected chi connectivity index (χ3v) is 7.02. The van der Waals surface area contributed by atoms with Gasteiger partial charge in [-0.25, -0.2) is 0 Å². The number of rotatable bonds is 24. The van der Waals surface area contributed by atoms with Crippen molar-refractivity contribution in [3.05, 3.63) is 35.4 Å². The summed E-state index contributed by atoms with van der Waals surface area (Å²) in [6.45, 7) is 2.65. The van der Waals surface area contributed by atoms with Crippen LogP contribution in [0.2, 0.25) is 0 Å². The summed E-state index contributed by atoms with van der Waals surface area (Å²) < 4.78 is 0. The van der Waals surface area contributed by atoms with Crippen LogP contribution in [0.3, 0.4) is 0 Å². The van der Waals surface area contributed by atoms with Gasteiger partial charge in [0.25, 0.3) is 5.91 Å². The first-order valence-corrected chi connectivity index (χ1v) is 14.9. The minimum Gasteiger partial charge on any atom is -0.481 e. The number of hydrogen-bond acceptors (Lipinski definition) is 4. The molecule has 8 nitrogen and oxygen atoms in total. The largest absolute Gasteiger partial charge is 0.481 e. The van der Waals surface area contributed by atoms with Crippen LogP contribution in [0.5, 0.6) is 0 Å². The third kappa shape index (κ3) is 18.9. The summed E-state index contributed by atoms with van der Waals surface area (Å²) in [5, 5.41) is 23.3. The zero-order chi connectivity index (χ0) is 28.7. The Bertz CT molecular complexity index is 840. The van der Waals surface area contributed by atoms with Gasteiger partial charge in [0.05, 0.1) is 5.92 Å². The first-order chi connectivity index (χ1) is 18.8. The lowest BCUT2D eigenvalue weighted by molar-refractivity contribution is -0.141. The maximum atomic E-state index is 12.3. The lowest BCUT2D eigenvalue weighted by Gasteiger charge is -2.09. The Morgan fingerprint density at radius 3 is 1.69 bits per heavy atom. The first kappa shape index (κ1) is 34.1. The average Bonchev–Trinajstić information content (AvgIpc) is 2.91. The highest BCUT2D eigenvalue weighted by atomic mass is 16.4. The van der Waals surface area contributed by atoms with Crippen LogP contribution in [0.15, 0.2) is 24.3 Å². The lowest BCUT2D eigenvalue weighted by Crippen LogP contribution is -2.25. The van der Waals surface area contributed by atoms with Gasteiger partial charge in [-0.15, -0.1) is 0 Å². The molecular formula is C31H50N2O6. The van der Waals surface area contributed by atoms with E-state index in [9.17, 15) is 19.2 Å². The summed E-state index contributed by atoms with van der Waals surface area (Å²) in [6.07, 6.45) is 16.4. The maximum absolute atomic E-state index is 12.3. The molecule has 0 saturated heterocycles. The Labute approximate surface area is 234 Å². The summed E-state index contributed by atoms with van der Waals surface area (Å²) in [7, 11) is 0. The number of carboxylic acids is 2. The fraction of sp³-hybridized carbons (Fsp3) is 0.677. The standard InChI is InChI=1S/C31H50N2O6/c1-25(31(38)39)16-14-15-23-32-30(37)27-21-19-26(20-22-27)24-33-28(34)17-12-10-8-6-4-2-3-5-7-9-11-13-18-29(35)36/h19-22,25H,2-18,23-24H2,1H3,(H,32,37)(H,33,34)(H,35,36)(H,38,39)/t25-/m0/s1. The van der Waals surface area contributed by atoms with Crippen molar-refractivity contribution in [3.8, 4) is 0 Å². The quantitative estimate of drug-likeness (QED) is 0.110. The van der Waals surface area contributed by atoms with E-state index in [0.29, 0.717) is 37.9 Å². The van der Waals surface area contributed by atoms with Gasteiger partial charge in [0.1, 0.15) is 0 Å². The molecule has 0 radical (unpaired) electrons. The molecule has 220 valence electrons. The molecule has 0 heterocycles. The molecule has 1 aromatic carbocycles. The fourth-order valence-corrected chi connectivity index (χ4v) is 4.40. The summed E-state index contributed by atoms with van der Waals surface area (Å²) in [6, 6.07) is 7.21. The monoisotopic (exact) mass is 546 g/mol. The molecule has 0 aliphatic rings. The van der Waals surface area contributed by atoms with E-state index in [-0.39, 0.29) is 17.7 Å². The first-order valence-electron chi connectivity index (χ1n) is 14.9. The molecular weight excluding hydrogens is 496 g/mol. The predicted octanol–water partition coefficient (Wildman–Crippen LogP) is 6.47. The highest BCUT2D eigenvalue weighted by Gasteiger charge is 2.10. The van der Waals surface area contributed by atoms with Crippen LogP contribution in [0.1, 0.15) is 132 Å². The van der Waals surface area contributed by atoms with Crippen molar-refractivity contribution in [2.45, 2.75) is 123 Å². The van der Waals surface area contributed by atoms with Crippen LogP contribution in [-0.4, -0.2) is 40.5 Å². The van der Waals surface area contributed by atoms with Crippen LogP contribution < -0.4 is 10.6 Å². The summed E-state index contributed by atoms with van der Waals surface area (Å²) >= 11 is 0. The van der Waals surface area contributed by atoms with Crippen molar-refractivity contribution in [2.24, 2.45) is 5.92 Å². The fourth-order valence-electron chi connectivity index (χ4n) is 4.40. The van der Waals surface area contributed by atoms with E-state index in [1.165, 1.54) is 38.5 Å². The van der Waals surface area contributed by atoms with Crippen molar-refractivity contribution < 1.29 is 29.4 Å². The Balaban J connectivity index is 2.00. The summed E-state index contributed by atoms with van der Waals surface area (Å²) in [5.74, 6) is -1.94. The van der Waals surface area contributed by atoms with Gasteiger partial charge >= 0.3 is 11.9 Å². The van der Waals surface area contributed by atoms with Crippen molar-refractivity contribution in [3.63, 3.8) is 0 Å². The molecule has 0 aromatic heterocycles. The van der Waals surface area contributed by atoms with Crippen LogP contribution in [0, 0.1) is 5.92 Å². The third-order valence-electron chi connectivity index (χ3n) is 7.02. The van der Waals surface area contributed by atoms with Gasteiger partial charge in [-0.2, -0.15) is 0 Å². The summed E-state index contributed by atoms with van der Waals surface area (Å²) in [4.78, 5) is 45.7. The number of carbonyl (C=O) groups excluding carboxylic acids is 2. The zero-order valence-electron chi connectivity index (χ0n) is 23.8. The van der Waals surface area contributed by atoms with E-state index in [4.69, 9.17) is 10.2 Å². The zero-order valence-corrected chi connectivity index (χ0v) is 23.8. The van der Waals surface area contributed by atoms with Crippen molar-refractivity contribution in [1.82, 2.24) is 10.6 Å². The van der Waals surface area contributed by atoms with Gasteiger partial charge < -0.3 is 20.8 Å². The van der Waals surface area contributed by atoms with Gasteiger partial charge in [0, 0.05) is 31.5 Å². The van der Waals surface area contributed by atoms with Gasteiger partial charge in [0.2, 0.25) is 5.91 Å². The molecule has 1 aromatic rings. The Morgan fingerprint density at radius 2 is 1.18 bits per heavy atom. The molecule has 0 aliphatic heterocycles. The molecule has 2 amide bonds. The minimum atomic E-state index is -0.788.